The van der Waals surface area contributed by atoms with Gasteiger partial charge in [-0.05, 0) is 31.8 Å². The van der Waals surface area contributed by atoms with Crippen molar-refractivity contribution in [2.45, 2.75) is 26.7 Å². The molecule has 0 aromatic heterocycles. The van der Waals surface area contributed by atoms with Crippen molar-refractivity contribution in [1.82, 2.24) is 0 Å². The summed E-state index contributed by atoms with van der Waals surface area (Å²) in [6.07, 6.45) is 11.8. The molecule has 1 saturated carbocycles. The summed E-state index contributed by atoms with van der Waals surface area (Å²) in [6, 6.07) is 0. The van der Waals surface area contributed by atoms with Crippen molar-refractivity contribution in [2.24, 2.45) is 17.8 Å². The summed E-state index contributed by atoms with van der Waals surface area (Å²) in [7, 11) is 1.76. The van der Waals surface area contributed by atoms with Crippen molar-refractivity contribution in [3.05, 3.63) is 35.6 Å². The van der Waals surface area contributed by atoms with Crippen LogP contribution in [-0.4, -0.2) is 7.11 Å². The topological polar surface area (TPSA) is 9.23 Å². The first-order chi connectivity index (χ1) is 7.22. The van der Waals surface area contributed by atoms with Gasteiger partial charge in [0, 0.05) is 11.8 Å². The molecule has 0 radical (unpaired) electrons. The number of hydrogen-bond donors (Lipinski definition) is 0. The highest BCUT2D eigenvalue weighted by Crippen LogP contribution is 2.35. The number of ether oxygens (including phenoxy) is 1. The van der Waals surface area contributed by atoms with Crippen LogP contribution >= 0.6 is 0 Å². The monoisotopic (exact) mass is 204 g/mol. The predicted octanol–water partition coefficient (Wildman–Crippen LogP) is 3.70. The fraction of sp³-hybridized carbons (Fsp3) is 0.571. The average Bonchev–Trinajstić information content (AvgIpc) is 3.02. The van der Waals surface area contributed by atoms with Crippen molar-refractivity contribution >= 4 is 0 Å². The Balaban J connectivity index is 2.10. The molecule has 1 fully saturated rings. The Kier molecular flexibility index (Phi) is 2.99. The highest BCUT2D eigenvalue weighted by molar-refractivity contribution is 5.28. The van der Waals surface area contributed by atoms with Gasteiger partial charge in [0.15, 0.2) is 0 Å². The molecule has 2 rings (SSSR count). The molecule has 0 heterocycles. The van der Waals surface area contributed by atoms with Crippen LogP contribution in [0.25, 0.3) is 0 Å². The molecular weight excluding hydrogens is 184 g/mol. The van der Waals surface area contributed by atoms with Crippen molar-refractivity contribution in [3.63, 3.8) is 0 Å². The molecule has 15 heavy (non-hydrogen) atoms. The zero-order valence-corrected chi connectivity index (χ0v) is 9.86. The molecule has 2 unspecified atom stereocenters. The van der Waals surface area contributed by atoms with E-state index in [2.05, 4.69) is 38.2 Å². The number of rotatable bonds is 3. The van der Waals surface area contributed by atoms with E-state index in [1.54, 1.807) is 7.11 Å². The SMILES string of the molecule is COC1=CC=C(C)C(/C=C\C2CC2)C1C. The smallest absolute Gasteiger partial charge is 0.0992 e. The zero-order chi connectivity index (χ0) is 10.8. The highest BCUT2D eigenvalue weighted by atomic mass is 16.5. The molecule has 2 atom stereocenters. The van der Waals surface area contributed by atoms with E-state index in [-0.39, 0.29) is 0 Å². The molecule has 1 nitrogen and oxygen atoms in total. The van der Waals surface area contributed by atoms with E-state index in [4.69, 9.17) is 4.74 Å². The Bertz CT molecular complexity index is 318. The lowest BCUT2D eigenvalue weighted by atomic mass is 9.82. The van der Waals surface area contributed by atoms with Crippen LogP contribution in [0.1, 0.15) is 26.7 Å². The van der Waals surface area contributed by atoms with Gasteiger partial charge in [-0.25, -0.2) is 0 Å². The minimum atomic E-state index is 0.481. The van der Waals surface area contributed by atoms with Gasteiger partial charge in [0.2, 0.25) is 0 Å². The lowest BCUT2D eigenvalue weighted by Gasteiger charge is -2.26. The molecule has 0 aromatic rings. The Morgan fingerprint density at radius 3 is 2.60 bits per heavy atom. The van der Waals surface area contributed by atoms with Crippen LogP contribution in [0, 0.1) is 17.8 Å². The van der Waals surface area contributed by atoms with Crippen molar-refractivity contribution in [2.75, 3.05) is 7.11 Å². The van der Waals surface area contributed by atoms with Gasteiger partial charge in [-0.2, -0.15) is 0 Å². The van der Waals surface area contributed by atoms with E-state index in [1.165, 1.54) is 18.4 Å². The van der Waals surface area contributed by atoms with Gasteiger partial charge in [-0.15, -0.1) is 0 Å². The molecule has 2 aliphatic rings. The minimum Gasteiger partial charge on any atom is -0.501 e. The standard InChI is InChI=1S/C14H20O/c1-10-4-9-14(15-3)11(2)13(10)8-7-12-5-6-12/h4,7-9,11-13H,5-6H2,1-3H3/b8-7-. The number of methoxy groups -OCH3 is 1. The van der Waals surface area contributed by atoms with E-state index in [1.807, 2.05) is 0 Å². The number of hydrogen-bond acceptors (Lipinski definition) is 1. The number of allylic oxidation sites excluding steroid dienone is 6. The second-order valence-corrected chi connectivity index (χ2v) is 4.72. The largest absolute Gasteiger partial charge is 0.501 e. The van der Waals surface area contributed by atoms with Crippen LogP contribution in [0.2, 0.25) is 0 Å². The molecule has 0 spiro atoms. The summed E-state index contributed by atoms with van der Waals surface area (Å²) >= 11 is 0. The Labute approximate surface area is 92.5 Å². The molecule has 0 amide bonds. The Hall–Kier alpha value is -0.980. The van der Waals surface area contributed by atoms with Crippen LogP contribution in [0.5, 0.6) is 0 Å². The van der Waals surface area contributed by atoms with E-state index in [0.29, 0.717) is 11.8 Å². The fourth-order valence-electron chi connectivity index (χ4n) is 2.19. The fourth-order valence-corrected chi connectivity index (χ4v) is 2.19. The summed E-state index contributed by atoms with van der Waals surface area (Å²) in [5.74, 6) is 2.98. The van der Waals surface area contributed by atoms with Crippen molar-refractivity contribution < 1.29 is 4.74 Å². The third-order valence-electron chi connectivity index (χ3n) is 3.47. The summed E-state index contributed by atoms with van der Waals surface area (Å²) in [4.78, 5) is 0. The summed E-state index contributed by atoms with van der Waals surface area (Å²) in [6.45, 7) is 4.45. The van der Waals surface area contributed by atoms with E-state index < -0.39 is 0 Å². The zero-order valence-electron chi connectivity index (χ0n) is 9.86. The molecule has 0 saturated heterocycles. The lowest BCUT2D eigenvalue weighted by Crippen LogP contribution is -2.17. The van der Waals surface area contributed by atoms with E-state index in [0.717, 1.165) is 11.7 Å². The molecular formula is C14H20O. The second-order valence-electron chi connectivity index (χ2n) is 4.72. The van der Waals surface area contributed by atoms with Gasteiger partial charge >= 0.3 is 0 Å². The van der Waals surface area contributed by atoms with Crippen LogP contribution < -0.4 is 0 Å². The summed E-state index contributed by atoms with van der Waals surface area (Å²) in [5.41, 5.74) is 1.44. The third-order valence-corrected chi connectivity index (χ3v) is 3.47. The van der Waals surface area contributed by atoms with E-state index in [9.17, 15) is 0 Å². The van der Waals surface area contributed by atoms with Crippen molar-refractivity contribution in [1.29, 1.82) is 0 Å². The van der Waals surface area contributed by atoms with Crippen LogP contribution in [0.4, 0.5) is 0 Å². The molecule has 1 heteroatoms. The highest BCUT2D eigenvalue weighted by Gasteiger charge is 2.25. The minimum absolute atomic E-state index is 0.481. The Morgan fingerprint density at radius 2 is 2.00 bits per heavy atom. The van der Waals surface area contributed by atoms with Crippen LogP contribution in [0.15, 0.2) is 35.6 Å². The molecule has 0 aromatic carbocycles. The molecule has 0 N–H and O–H groups in total. The van der Waals surface area contributed by atoms with E-state index >= 15 is 0 Å². The quantitative estimate of drug-likeness (QED) is 0.637. The molecule has 0 bridgehead atoms. The van der Waals surface area contributed by atoms with Crippen LogP contribution in [-0.2, 0) is 4.74 Å². The lowest BCUT2D eigenvalue weighted by molar-refractivity contribution is 0.231. The Morgan fingerprint density at radius 1 is 1.27 bits per heavy atom. The third kappa shape index (κ3) is 2.34. The van der Waals surface area contributed by atoms with Crippen LogP contribution in [0.3, 0.4) is 0 Å². The van der Waals surface area contributed by atoms with Gasteiger partial charge in [-0.3, -0.25) is 0 Å². The maximum atomic E-state index is 5.39. The first kappa shape index (κ1) is 10.5. The predicted molar refractivity (Wildman–Crippen MR) is 63.4 cm³/mol. The maximum Gasteiger partial charge on any atom is 0.0992 e. The van der Waals surface area contributed by atoms with Gasteiger partial charge in [0.05, 0.1) is 12.9 Å². The van der Waals surface area contributed by atoms with Crippen molar-refractivity contribution in [3.8, 4) is 0 Å². The first-order valence-electron chi connectivity index (χ1n) is 5.83. The van der Waals surface area contributed by atoms with Gasteiger partial charge < -0.3 is 4.74 Å². The molecule has 82 valence electrons. The maximum absolute atomic E-state index is 5.39. The normalized spacial score (nSPS) is 31.4. The second kappa shape index (κ2) is 4.26. The molecule has 0 aliphatic heterocycles. The molecule has 2 aliphatic carbocycles. The average molecular weight is 204 g/mol. The summed E-state index contributed by atoms with van der Waals surface area (Å²) in [5, 5.41) is 0. The van der Waals surface area contributed by atoms with Gasteiger partial charge in [0.1, 0.15) is 0 Å². The summed E-state index contributed by atoms with van der Waals surface area (Å²) < 4.78 is 5.39. The van der Waals surface area contributed by atoms with Gasteiger partial charge in [-0.1, -0.05) is 30.7 Å². The first-order valence-corrected chi connectivity index (χ1v) is 5.83. The van der Waals surface area contributed by atoms with Gasteiger partial charge in [0.25, 0.3) is 0 Å².